The number of esters is 1. The summed E-state index contributed by atoms with van der Waals surface area (Å²) in [5, 5.41) is 2.24. The molecular weight excluding hydrogens is 146 g/mol. The number of hydrogen-bond acceptors (Lipinski definition) is 3. The molecule has 0 saturated carbocycles. The van der Waals surface area contributed by atoms with Crippen LogP contribution >= 0.6 is 0 Å². The van der Waals surface area contributed by atoms with E-state index in [4.69, 9.17) is 0 Å². The third kappa shape index (κ3) is 3.60. The van der Waals surface area contributed by atoms with E-state index in [0.29, 0.717) is 13.0 Å². The first-order chi connectivity index (χ1) is 5.26. The molecule has 1 amide bonds. The quantitative estimate of drug-likeness (QED) is 0.452. The van der Waals surface area contributed by atoms with Gasteiger partial charge in [-0.15, -0.1) is 0 Å². The van der Waals surface area contributed by atoms with Gasteiger partial charge in [0.25, 0.3) is 0 Å². The molecular formula is C7H12NO3. The van der Waals surface area contributed by atoms with Crippen LogP contribution in [-0.4, -0.2) is 25.0 Å². The number of nitrogens with one attached hydrogen (secondary N) is 1. The van der Waals surface area contributed by atoms with Crippen LogP contribution in [0.15, 0.2) is 0 Å². The molecule has 1 N–H and O–H groups in total. The fourth-order valence-corrected chi connectivity index (χ4v) is 0.642. The van der Waals surface area contributed by atoms with Crippen LogP contribution < -0.4 is 5.32 Å². The average Bonchev–Trinajstić information content (AvgIpc) is 2.00. The van der Waals surface area contributed by atoms with E-state index >= 15 is 0 Å². The highest BCUT2D eigenvalue weighted by Gasteiger charge is 2.15. The van der Waals surface area contributed by atoms with Crippen LogP contribution in [0.25, 0.3) is 0 Å². The van der Waals surface area contributed by atoms with E-state index in [2.05, 4.69) is 10.1 Å². The summed E-state index contributed by atoms with van der Waals surface area (Å²) in [4.78, 5) is 20.7. The van der Waals surface area contributed by atoms with Crippen molar-refractivity contribution in [1.29, 1.82) is 0 Å². The molecule has 0 aliphatic heterocycles. The minimum Gasteiger partial charge on any atom is -0.464 e. The summed E-state index contributed by atoms with van der Waals surface area (Å²) in [6, 6.07) is -0.549. The Morgan fingerprint density at radius 1 is 1.64 bits per heavy atom. The first-order valence-corrected chi connectivity index (χ1v) is 3.55. The van der Waals surface area contributed by atoms with E-state index in [1.54, 1.807) is 13.8 Å². The van der Waals surface area contributed by atoms with Crippen LogP contribution in [-0.2, 0) is 14.3 Å². The molecule has 1 atom stereocenters. The normalized spacial score (nSPS) is 11.8. The van der Waals surface area contributed by atoms with Gasteiger partial charge in [-0.05, 0) is 13.3 Å². The van der Waals surface area contributed by atoms with Gasteiger partial charge in [-0.2, -0.15) is 0 Å². The number of ether oxygens (including phenoxy) is 1. The zero-order valence-electron chi connectivity index (χ0n) is 6.72. The van der Waals surface area contributed by atoms with Crippen LogP contribution in [0.1, 0.15) is 20.3 Å². The summed E-state index contributed by atoms with van der Waals surface area (Å²) < 4.78 is 4.67. The monoisotopic (exact) mass is 158 g/mol. The maximum atomic E-state index is 10.9. The van der Waals surface area contributed by atoms with Crippen LogP contribution in [0, 0.1) is 0 Å². The largest absolute Gasteiger partial charge is 0.464 e. The van der Waals surface area contributed by atoms with Gasteiger partial charge in [0.15, 0.2) is 0 Å². The Morgan fingerprint density at radius 2 is 2.27 bits per heavy atom. The van der Waals surface area contributed by atoms with Gasteiger partial charge < -0.3 is 10.1 Å². The molecule has 11 heavy (non-hydrogen) atoms. The third-order valence-corrected chi connectivity index (χ3v) is 1.21. The van der Waals surface area contributed by atoms with Crippen molar-refractivity contribution >= 4 is 12.4 Å². The highest BCUT2D eigenvalue weighted by atomic mass is 16.5. The predicted octanol–water partition coefficient (Wildman–Crippen LogP) is -0.0151. The Labute approximate surface area is 65.9 Å². The summed E-state index contributed by atoms with van der Waals surface area (Å²) >= 11 is 0. The van der Waals surface area contributed by atoms with Crippen molar-refractivity contribution in [3.63, 3.8) is 0 Å². The zero-order valence-corrected chi connectivity index (χ0v) is 6.72. The van der Waals surface area contributed by atoms with Crippen molar-refractivity contribution in [2.45, 2.75) is 26.3 Å². The Balaban J connectivity index is 3.80. The topological polar surface area (TPSA) is 55.4 Å². The summed E-state index contributed by atoms with van der Waals surface area (Å²) in [7, 11) is 0. The Morgan fingerprint density at radius 3 is 2.64 bits per heavy atom. The lowest BCUT2D eigenvalue weighted by Gasteiger charge is -2.10. The molecule has 0 spiro atoms. The second-order valence-electron chi connectivity index (χ2n) is 1.96. The third-order valence-electron chi connectivity index (χ3n) is 1.21. The van der Waals surface area contributed by atoms with Crippen molar-refractivity contribution in [3.05, 3.63) is 0 Å². The minimum atomic E-state index is -0.549. The molecule has 0 rings (SSSR count). The molecule has 0 heterocycles. The average molecular weight is 158 g/mol. The summed E-state index contributed by atoms with van der Waals surface area (Å²) in [6.45, 7) is 3.83. The van der Waals surface area contributed by atoms with Crippen molar-refractivity contribution < 1.29 is 14.3 Å². The number of amides is 1. The van der Waals surface area contributed by atoms with E-state index in [1.165, 1.54) is 6.41 Å². The Kier molecular flexibility index (Phi) is 5.15. The molecule has 0 aromatic rings. The van der Waals surface area contributed by atoms with Gasteiger partial charge in [-0.3, -0.25) is 4.79 Å². The standard InChI is InChI=1S/C7H12NO3/c1-3-6(8-5-9)7(10)11-4-2/h6H,3-4H2,1-2H3,(H,8,9). The lowest BCUT2D eigenvalue weighted by atomic mass is 10.2. The van der Waals surface area contributed by atoms with Gasteiger partial charge in [0.1, 0.15) is 6.04 Å². The Bertz CT molecular complexity index is 136. The number of carbonyl (C=O) groups excluding carboxylic acids is 2. The fourth-order valence-electron chi connectivity index (χ4n) is 0.642. The lowest BCUT2D eigenvalue weighted by Crippen LogP contribution is -2.36. The van der Waals surface area contributed by atoms with Crippen LogP contribution in [0.3, 0.4) is 0 Å². The van der Waals surface area contributed by atoms with E-state index in [-0.39, 0.29) is 0 Å². The van der Waals surface area contributed by atoms with Crippen LogP contribution in [0.5, 0.6) is 0 Å². The van der Waals surface area contributed by atoms with Gasteiger partial charge in [0.05, 0.1) is 6.61 Å². The lowest BCUT2D eigenvalue weighted by molar-refractivity contribution is -0.145. The molecule has 0 aliphatic rings. The molecule has 1 unspecified atom stereocenters. The molecule has 0 bridgehead atoms. The van der Waals surface area contributed by atoms with Crippen molar-refractivity contribution in [3.8, 4) is 0 Å². The van der Waals surface area contributed by atoms with E-state index in [9.17, 15) is 9.59 Å². The molecule has 0 aromatic heterocycles. The van der Waals surface area contributed by atoms with Gasteiger partial charge >= 0.3 is 12.4 Å². The van der Waals surface area contributed by atoms with Gasteiger partial charge in [0.2, 0.25) is 0 Å². The highest BCUT2D eigenvalue weighted by Crippen LogP contribution is 1.92. The molecule has 0 aromatic carbocycles. The minimum absolute atomic E-state index is 0.329. The second-order valence-corrected chi connectivity index (χ2v) is 1.96. The molecule has 1 radical (unpaired) electrons. The van der Waals surface area contributed by atoms with E-state index < -0.39 is 12.0 Å². The molecule has 0 saturated heterocycles. The number of hydrogen-bond donors (Lipinski definition) is 1. The number of rotatable bonds is 5. The van der Waals surface area contributed by atoms with Gasteiger partial charge in [-0.25, -0.2) is 4.79 Å². The maximum Gasteiger partial charge on any atom is 0.328 e. The van der Waals surface area contributed by atoms with Gasteiger partial charge in [0, 0.05) is 0 Å². The van der Waals surface area contributed by atoms with Crippen molar-refractivity contribution in [2.24, 2.45) is 0 Å². The fraction of sp³-hybridized carbons (Fsp3) is 0.714. The summed E-state index contributed by atoms with van der Waals surface area (Å²) in [5.74, 6) is -0.404. The first-order valence-electron chi connectivity index (χ1n) is 3.55. The Hall–Kier alpha value is -1.06. The molecule has 63 valence electrons. The SMILES string of the molecule is CCOC(=O)C(CC)N[C]=O. The molecule has 0 fully saturated rings. The van der Waals surface area contributed by atoms with Crippen molar-refractivity contribution in [1.82, 2.24) is 5.32 Å². The summed E-state index contributed by atoms with van der Waals surface area (Å²) in [5.41, 5.74) is 0. The molecule has 0 aliphatic carbocycles. The van der Waals surface area contributed by atoms with Gasteiger partial charge in [-0.1, -0.05) is 6.92 Å². The number of carbonyl (C=O) groups is 1. The molecule has 4 heteroatoms. The summed E-state index contributed by atoms with van der Waals surface area (Å²) in [6.07, 6.45) is 1.98. The van der Waals surface area contributed by atoms with Crippen LogP contribution in [0.4, 0.5) is 0 Å². The zero-order chi connectivity index (χ0) is 8.69. The second kappa shape index (κ2) is 5.70. The smallest absolute Gasteiger partial charge is 0.328 e. The van der Waals surface area contributed by atoms with Crippen molar-refractivity contribution in [2.75, 3.05) is 6.61 Å². The maximum absolute atomic E-state index is 10.9. The predicted molar refractivity (Wildman–Crippen MR) is 39.5 cm³/mol. The van der Waals surface area contributed by atoms with E-state index in [1.807, 2.05) is 0 Å². The molecule has 4 nitrogen and oxygen atoms in total. The van der Waals surface area contributed by atoms with Crippen LogP contribution in [0.2, 0.25) is 0 Å². The first kappa shape index (κ1) is 9.94. The van der Waals surface area contributed by atoms with E-state index in [0.717, 1.165) is 0 Å². The highest BCUT2D eigenvalue weighted by molar-refractivity contribution is 5.78.